The zero-order valence-electron chi connectivity index (χ0n) is 10.6. The molecule has 0 atom stereocenters. The second kappa shape index (κ2) is 5.64. The fourth-order valence-corrected chi connectivity index (χ4v) is 2.14. The van der Waals surface area contributed by atoms with Crippen molar-refractivity contribution in [1.29, 1.82) is 0 Å². The summed E-state index contributed by atoms with van der Waals surface area (Å²) in [5.41, 5.74) is 3.70. The molecule has 0 heterocycles. The summed E-state index contributed by atoms with van der Waals surface area (Å²) < 4.78 is 0. The second-order valence-corrected chi connectivity index (χ2v) is 5.20. The van der Waals surface area contributed by atoms with Gasteiger partial charge in [-0.3, -0.25) is 4.99 Å². The molecule has 0 radical (unpaired) electrons. The molecular weight excluding hydrogens is 281 g/mol. The van der Waals surface area contributed by atoms with Gasteiger partial charge in [0.2, 0.25) is 0 Å². The van der Waals surface area contributed by atoms with Crippen LogP contribution >= 0.6 is 23.2 Å². The van der Waals surface area contributed by atoms with Gasteiger partial charge in [-0.1, -0.05) is 29.3 Å². The normalized spacial score (nSPS) is 11.2. The number of aryl methyl sites for hydroxylation is 2. The first-order chi connectivity index (χ1) is 8.97. The van der Waals surface area contributed by atoms with Crippen molar-refractivity contribution >= 4 is 35.1 Å². The summed E-state index contributed by atoms with van der Waals surface area (Å²) in [7, 11) is 0. The maximum absolute atomic E-state index is 9.82. The zero-order valence-corrected chi connectivity index (χ0v) is 12.1. The third kappa shape index (κ3) is 3.28. The van der Waals surface area contributed by atoms with E-state index in [0.29, 0.717) is 10.6 Å². The van der Waals surface area contributed by atoms with Crippen LogP contribution in [0.4, 0.5) is 5.69 Å². The summed E-state index contributed by atoms with van der Waals surface area (Å²) in [5, 5.41) is 10.5. The van der Waals surface area contributed by atoms with Crippen LogP contribution in [0.1, 0.15) is 16.7 Å². The molecule has 0 bridgehead atoms. The summed E-state index contributed by atoms with van der Waals surface area (Å²) in [4.78, 5) is 4.32. The number of nitrogens with zero attached hydrogens (tertiary/aromatic N) is 1. The quantitative estimate of drug-likeness (QED) is 0.771. The lowest BCUT2D eigenvalue weighted by atomic mass is 10.1. The molecule has 0 aliphatic rings. The average molecular weight is 294 g/mol. The van der Waals surface area contributed by atoms with Crippen molar-refractivity contribution in [1.82, 2.24) is 0 Å². The van der Waals surface area contributed by atoms with Gasteiger partial charge in [0, 0.05) is 16.8 Å². The fourth-order valence-electron chi connectivity index (χ4n) is 1.63. The summed E-state index contributed by atoms with van der Waals surface area (Å²) in [5.74, 6) is -0.0151. The number of phenols is 1. The Balaban J connectivity index is 2.35. The molecule has 4 heteroatoms. The highest BCUT2D eigenvalue weighted by atomic mass is 35.5. The lowest BCUT2D eigenvalue weighted by Gasteiger charge is -2.03. The summed E-state index contributed by atoms with van der Waals surface area (Å²) in [6.07, 6.45) is 1.55. The molecule has 0 aliphatic carbocycles. The minimum atomic E-state index is -0.0151. The van der Waals surface area contributed by atoms with Crippen molar-refractivity contribution in [2.75, 3.05) is 0 Å². The van der Waals surface area contributed by atoms with Crippen LogP contribution in [0.3, 0.4) is 0 Å². The van der Waals surface area contributed by atoms with E-state index in [1.807, 2.05) is 32.0 Å². The van der Waals surface area contributed by atoms with Crippen LogP contribution in [0.2, 0.25) is 10.0 Å². The number of aliphatic imine (C=N–C) groups is 1. The molecule has 0 saturated heterocycles. The van der Waals surface area contributed by atoms with Crippen molar-refractivity contribution < 1.29 is 5.11 Å². The molecule has 98 valence electrons. The summed E-state index contributed by atoms with van der Waals surface area (Å²) >= 11 is 11.7. The van der Waals surface area contributed by atoms with Gasteiger partial charge in [0.15, 0.2) is 0 Å². The molecule has 0 amide bonds. The Morgan fingerprint density at radius 2 is 1.79 bits per heavy atom. The Morgan fingerprint density at radius 1 is 1.05 bits per heavy atom. The van der Waals surface area contributed by atoms with E-state index in [0.717, 1.165) is 5.69 Å². The third-order valence-corrected chi connectivity index (χ3v) is 3.41. The highest BCUT2D eigenvalue weighted by Crippen LogP contribution is 2.30. The molecule has 0 aromatic heterocycles. The van der Waals surface area contributed by atoms with E-state index in [4.69, 9.17) is 23.2 Å². The van der Waals surface area contributed by atoms with Crippen LogP contribution in [0, 0.1) is 13.8 Å². The molecular formula is C15H13Cl2NO. The number of phenolic OH excluding ortho intramolecular Hbond substituents is 1. The fraction of sp³-hybridized carbons (Fsp3) is 0.133. The number of hydrogen-bond acceptors (Lipinski definition) is 2. The highest BCUT2D eigenvalue weighted by Gasteiger charge is 2.05. The van der Waals surface area contributed by atoms with Gasteiger partial charge < -0.3 is 5.11 Å². The average Bonchev–Trinajstić information content (AvgIpc) is 2.36. The molecule has 2 nitrogen and oxygen atoms in total. The van der Waals surface area contributed by atoms with Crippen LogP contribution in [-0.4, -0.2) is 11.3 Å². The van der Waals surface area contributed by atoms with E-state index in [2.05, 4.69) is 4.99 Å². The van der Waals surface area contributed by atoms with Crippen molar-refractivity contribution in [3.63, 3.8) is 0 Å². The van der Waals surface area contributed by atoms with Crippen LogP contribution in [0.15, 0.2) is 35.3 Å². The molecule has 2 rings (SSSR count). The van der Waals surface area contributed by atoms with Gasteiger partial charge in [-0.25, -0.2) is 0 Å². The van der Waals surface area contributed by atoms with Crippen LogP contribution in [0.5, 0.6) is 5.75 Å². The SMILES string of the molecule is Cc1ccc(N=Cc2cc(Cl)cc(Cl)c2O)cc1C. The van der Waals surface area contributed by atoms with E-state index in [1.54, 1.807) is 12.3 Å². The van der Waals surface area contributed by atoms with E-state index in [-0.39, 0.29) is 10.8 Å². The Hall–Kier alpha value is -1.51. The van der Waals surface area contributed by atoms with Gasteiger partial charge in [-0.15, -0.1) is 0 Å². The first-order valence-electron chi connectivity index (χ1n) is 5.76. The van der Waals surface area contributed by atoms with E-state index < -0.39 is 0 Å². The number of benzene rings is 2. The van der Waals surface area contributed by atoms with E-state index in [1.165, 1.54) is 17.2 Å². The standard InChI is InChI=1S/C15H13Cl2NO/c1-9-3-4-13(5-10(9)2)18-8-11-6-12(16)7-14(17)15(11)19/h3-8,19H,1-2H3. The third-order valence-electron chi connectivity index (χ3n) is 2.90. The maximum atomic E-state index is 9.82. The minimum absolute atomic E-state index is 0.0151. The van der Waals surface area contributed by atoms with Crippen LogP contribution in [-0.2, 0) is 0 Å². The molecule has 19 heavy (non-hydrogen) atoms. The van der Waals surface area contributed by atoms with Crippen molar-refractivity contribution in [2.45, 2.75) is 13.8 Å². The largest absolute Gasteiger partial charge is 0.506 e. The van der Waals surface area contributed by atoms with Gasteiger partial charge in [0.05, 0.1) is 10.7 Å². The van der Waals surface area contributed by atoms with Gasteiger partial charge >= 0.3 is 0 Å². The first kappa shape index (κ1) is 13.9. The van der Waals surface area contributed by atoms with Crippen LogP contribution < -0.4 is 0 Å². The second-order valence-electron chi connectivity index (χ2n) is 4.35. The highest BCUT2D eigenvalue weighted by molar-refractivity contribution is 6.36. The topological polar surface area (TPSA) is 32.6 Å². The number of rotatable bonds is 2. The van der Waals surface area contributed by atoms with Gasteiger partial charge in [-0.05, 0) is 49.2 Å². The lowest BCUT2D eigenvalue weighted by Crippen LogP contribution is -1.84. The van der Waals surface area contributed by atoms with Gasteiger partial charge in [0.25, 0.3) is 0 Å². The molecule has 0 unspecified atom stereocenters. The Morgan fingerprint density at radius 3 is 2.47 bits per heavy atom. The predicted molar refractivity (Wildman–Crippen MR) is 81.3 cm³/mol. The molecule has 2 aromatic carbocycles. The van der Waals surface area contributed by atoms with E-state index >= 15 is 0 Å². The molecule has 2 aromatic rings. The summed E-state index contributed by atoms with van der Waals surface area (Å²) in [6, 6.07) is 9.02. The monoisotopic (exact) mass is 293 g/mol. The van der Waals surface area contributed by atoms with Gasteiger partial charge in [-0.2, -0.15) is 0 Å². The van der Waals surface area contributed by atoms with Crippen molar-refractivity contribution in [3.8, 4) is 5.75 Å². The molecule has 0 saturated carbocycles. The zero-order chi connectivity index (χ0) is 14.0. The minimum Gasteiger partial charge on any atom is -0.506 e. The number of halogens is 2. The number of hydrogen-bond donors (Lipinski definition) is 1. The Bertz CT molecular complexity index is 651. The summed E-state index contributed by atoms with van der Waals surface area (Å²) in [6.45, 7) is 4.08. The first-order valence-corrected chi connectivity index (χ1v) is 6.52. The lowest BCUT2D eigenvalue weighted by molar-refractivity contribution is 0.475. The predicted octanol–water partition coefficient (Wildman–Crippen LogP) is 5.07. The van der Waals surface area contributed by atoms with Crippen LogP contribution in [0.25, 0.3) is 0 Å². The van der Waals surface area contributed by atoms with E-state index in [9.17, 15) is 5.11 Å². The maximum Gasteiger partial charge on any atom is 0.143 e. The molecule has 0 spiro atoms. The van der Waals surface area contributed by atoms with Crippen molar-refractivity contribution in [3.05, 3.63) is 57.1 Å². The Kier molecular flexibility index (Phi) is 4.13. The smallest absolute Gasteiger partial charge is 0.143 e. The Labute approximate surface area is 122 Å². The molecule has 0 aliphatic heterocycles. The molecule has 0 fully saturated rings. The number of aromatic hydroxyl groups is 1. The van der Waals surface area contributed by atoms with Gasteiger partial charge in [0.1, 0.15) is 5.75 Å². The molecule has 1 N–H and O–H groups in total. The van der Waals surface area contributed by atoms with Crippen molar-refractivity contribution in [2.24, 2.45) is 4.99 Å².